The number of esters is 1. The summed E-state index contributed by atoms with van der Waals surface area (Å²) < 4.78 is 5.68. The number of rotatable bonds is 17. The van der Waals surface area contributed by atoms with Crippen LogP contribution in [0.4, 0.5) is 0 Å². The number of hydrogen-bond acceptors (Lipinski definition) is 2. The van der Waals surface area contributed by atoms with Crippen molar-refractivity contribution in [2.24, 2.45) is 0 Å². The van der Waals surface area contributed by atoms with Crippen molar-refractivity contribution in [2.45, 2.75) is 97.9 Å². The summed E-state index contributed by atoms with van der Waals surface area (Å²) in [4.78, 5) is 11.2. The number of ether oxygens (including phenoxy) is 1. The van der Waals surface area contributed by atoms with E-state index < -0.39 is 0 Å². The molecule has 0 amide bonds. The predicted octanol–water partition coefficient (Wildman–Crippen LogP) is 6.46. The van der Waals surface area contributed by atoms with Crippen molar-refractivity contribution in [3.05, 3.63) is 12.2 Å². The maximum absolute atomic E-state index is 11.2. The molecule has 0 radical (unpaired) electrons. The van der Waals surface area contributed by atoms with Gasteiger partial charge >= 0.3 is 5.97 Å². The third kappa shape index (κ3) is 21.0. The average molecular weight is 592 g/mol. The van der Waals surface area contributed by atoms with Gasteiger partial charge in [-0.15, -0.1) is 0 Å². The van der Waals surface area contributed by atoms with E-state index in [0.717, 1.165) is 6.42 Å². The Hall–Kier alpha value is 0.887. The van der Waals surface area contributed by atoms with Crippen molar-refractivity contribution in [3.8, 4) is 0 Å². The molecule has 5 heteroatoms. The highest BCUT2D eigenvalue weighted by molar-refractivity contribution is 14.2. The lowest BCUT2D eigenvalue weighted by molar-refractivity contribution is -0.139. The molecule has 25 heavy (non-hydrogen) atoms. The lowest BCUT2D eigenvalue weighted by atomic mass is 10.0. The largest absolute Gasteiger partial charge is 0.462 e. The van der Waals surface area contributed by atoms with Crippen LogP contribution >= 0.6 is 45.2 Å². The minimum atomic E-state index is -0.254. The molecule has 0 aromatic rings. The monoisotopic (exact) mass is 592 g/mol. The second-order valence-electron chi connectivity index (χ2n) is 7.33. The Labute approximate surface area is 186 Å². The molecule has 0 heterocycles. The third-order valence-corrected chi connectivity index (χ3v) is 5.92. The van der Waals surface area contributed by atoms with E-state index >= 15 is 0 Å². The number of unbranched alkanes of at least 4 members (excludes halogenated alkanes) is 12. The first-order chi connectivity index (χ1) is 11.8. The highest BCUT2D eigenvalue weighted by Gasteiger charge is 2.12. The lowest BCUT2D eigenvalue weighted by Crippen LogP contribution is -2.08. The number of hydrogen-bond donors (Lipinski definition) is 0. The van der Waals surface area contributed by atoms with Crippen molar-refractivity contribution in [2.75, 3.05) is 6.61 Å². The topological polar surface area (TPSA) is 26.3 Å². The molecular formula is C20H38I2O2Si. The second kappa shape index (κ2) is 17.0. The summed E-state index contributed by atoms with van der Waals surface area (Å²) >= 11 is 5.21. The van der Waals surface area contributed by atoms with Gasteiger partial charge in [-0.3, -0.25) is 0 Å². The van der Waals surface area contributed by atoms with Gasteiger partial charge in [0.05, 0.1) is 7.66 Å². The molecule has 0 aliphatic rings. The van der Waals surface area contributed by atoms with Crippen molar-refractivity contribution >= 4 is 61.4 Å². The van der Waals surface area contributed by atoms with E-state index in [9.17, 15) is 4.79 Å². The van der Waals surface area contributed by atoms with Crippen molar-refractivity contribution in [1.29, 1.82) is 0 Å². The van der Waals surface area contributed by atoms with Crippen molar-refractivity contribution in [1.82, 2.24) is 0 Å². The van der Waals surface area contributed by atoms with Crippen molar-refractivity contribution in [3.63, 3.8) is 0 Å². The van der Waals surface area contributed by atoms with E-state index in [1.165, 1.54) is 93.7 Å². The summed E-state index contributed by atoms with van der Waals surface area (Å²) in [5.74, 6) is -0.254. The highest BCUT2D eigenvalue weighted by Crippen LogP contribution is 2.29. The van der Waals surface area contributed by atoms with Gasteiger partial charge < -0.3 is 4.74 Å². The maximum Gasteiger partial charge on any atom is 0.333 e. The van der Waals surface area contributed by atoms with Crippen LogP contribution in [0.1, 0.15) is 96.8 Å². The fraction of sp³-hybridized carbons (Fsp3) is 0.850. The minimum Gasteiger partial charge on any atom is -0.462 e. The molecule has 0 aromatic carbocycles. The van der Waals surface area contributed by atoms with Gasteiger partial charge in [0, 0.05) is 15.8 Å². The molecule has 0 saturated heterocycles. The van der Waals surface area contributed by atoms with Crippen LogP contribution in [0.5, 0.6) is 0 Å². The average Bonchev–Trinajstić information content (AvgIpc) is 2.53. The predicted molar refractivity (Wildman–Crippen MR) is 131 cm³/mol. The number of halogens is 2. The summed E-state index contributed by atoms with van der Waals surface area (Å²) in [6, 6.07) is 0. The highest BCUT2D eigenvalue weighted by atomic mass is 127. The molecule has 0 N–H and O–H groups in total. The first kappa shape index (κ1) is 25.9. The van der Waals surface area contributed by atoms with Gasteiger partial charge in [-0.25, -0.2) is 4.79 Å². The van der Waals surface area contributed by atoms with Crippen LogP contribution in [0.3, 0.4) is 0 Å². The Kier molecular flexibility index (Phi) is 17.6. The van der Waals surface area contributed by atoms with E-state index in [0.29, 0.717) is 13.2 Å². The quantitative estimate of drug-likeness (QED) is 0.0485. The van der Waals surface area contributed by atoms with Crippen LogP contribution < -0.4 is 0 Å². The Morgan fingerprint density at radius 1 is 0.840 bits per heavy atom. The first-order valence-electron chi connectivity index (χ1n) is 10.0. The number of carbonyl (C=O) groups is 1. The summed E-state index contributed by atoms with van der Waals surface area (Å²) in [5, 5.41) is 0. The Morgan fingerprint density at radius 3 is 1.56 bits per heavy atom. The Balaban J connectivity index is 3.12. The smallest absolute Gasteiger partial charge is 0.333 e. The molecule has 2 nitrogen and oxygen atoms in total. The number of alkyl halides is 2. The minimum absolute atomic E-state index is 0.254. The molecule has 0 spiro atoms. The molecule has 148 valence electrons. The van der Waals surface area contributed by atoms with Crippen LogP contribution in [0.25, 0.3) is 0 Å². The van der Waals surface area contributed by atoms with E-state index in [4.69, 9.17) is 4.74 Å². The first-order valence-corrected chi connectivity index (χ1v) is 13.2. The fourth-order valence-electron chi connectivity index (χ4n) is 2.77. The zero-order chi connectivity index (χ0) is 19.0. The van der Waals surface area contributed by atoms with E-state index in [1.807, 2.05) is 0 Å². The fourth-order valence-corrected chi connectivity index (χ4v) is 3.89. The molecule has 0 fully saturated rings. The SMILES string of the molecule is C=C(C)C(=O)OCCCCCCCCCCCCCCCC([SiH3])(I)I. The van der Waals surface area contributed by atoms with E-state index in [-0.39, 0.29) is 5.97 Å². The Morgan fingerprint density at radius 2 is 1.20 bits per heavy atom. The van der Waals surface area contributed by atoms with Crippen molar-refractivity contribution < 1.29 is 9.53 Å². The van der Waals surface area contributed by atoms with Gasteiger partial charge in [0.2, 0.25) is 0 Å². The van der Waals surface area contributed by atoms with Gasteiger partial charge in [-0.05, 0) is 19.8 Å². The van der Waals surface area contributed by atoms with Crippen LogP contribution in [0, 0.1) is 0 Å². The third-order valence-electron chi connectivity index (χ3n) is 4.34. The maximum atomic E-state index is 11.2. The summed E-state index contributed by atoms with van der Waals surface area (Å²) in [5.41, 5.74) is 0.491. The zero-order valence-electron chi connectivity index (χ0n) is 16.4. The van der Waals surface area contributed by atoms with Gasteiger partial charge in [-0.1, -0.05) is 129 Å². The van der Waals surface area contributed by atoms with Gasteiger partial charge in [0.25, 0.3) is 0 Å². The summed E-state index contributed by atoms with van der Waals surface area (Å²) in [7, 11) is 1.30. The van der Waals surface area contributed by atoms with Gasteiger partial charge in [0.1, 0.15) is 0 Å². The standard InChI is InChI=1S/C20H38I2O2Si/c1-18(2)19(23)24-17-15-13-11-9-7-5-3-4-6-8-10-12-14-16-20(21,22)25/h1,3-17H2,2,25H3. The zero-order valence-corrected chi connectivity index (χ0v) is 22.7. The summed E-state index contributed by atoms with van der Waals surface area (Å²) in [6.45, 7) is 5.81. The Bertz CT molecular complexity index is 354. The van der Waals surface area contributed by atoms with E-state index in [2.05, 4.69) is 51.8 Å². The number of carbonyl (C=O) groups excluding carboxylic acids is 1. The lowest BCUT2D eigenvalue weighted by Gasteiger charge is -2.13. The molecule has 0 rings (SSSR count). The van der Waals surface area contributed by atoms with Crippen LogP contribution in [-0.2, 0) is 9.53 Å². The molecule has 0 unspecified atom stereocenters. The molecule has 0 saturated carbocycles. The molecular weight excluding hydrogens is 554 g/mol. The normalized spacial score (nSPS) is 11.6. The van der Waals surface area contributed by atoms with E-state index in [1.54, 1.807) is 6.92 Å². The molecule has 0 bridgehead atoms. The summed E-state index contributed by atoms with van der Waals surface area (Å²) in [6.07, 6.45) is 18.8. The molecule has 0 aliphatic carbocycles. The molecule has 0 aliphatic heterocycles. The van der Waals surface area contributed by atoms with Crippen LogP contribution in [-0.4, -0.2) is 23.9 Å². The molecule has 0 aromatic heterocycles. The second-order valence-corrected chi connectivity index (χ2v) is 19.9. The van der Waals surface area contributed by atoms with Gasteiger partial charge in [-0.2, -0.15) is 0 Å². The van der Waals surface area contributed by atoms with Crippen LogP contribution in [0.2, 0.25) is 0 Å². The molecule has 0 atom stereocenters. The van der Waals surface area contributed by atoms with Gasteiger partial charge in [0.15, 0.2) is 0 Å². The van der Waals surface area contributed by atoms with Crippen LogP contribution in [0.15, 0.2) is 12.2 Å².